The lowest BCUT2D eigenvalue weighted by Crippen LogP contribution is -2.42. The number of aliphatic hydroxyl groups is 1. The maximum absolute atomic E-state index is 11.7. The Balaban J connectivity index is 2.02. The predicted molar refractivity (Wildman–Crippen MR) is 81.3 cm³/mol. The van der Waals surface area contributed by atoms with Gasteiger partial charge in [0.15, 0.2) is 0 Å². The molecule has 2 rings (SSSR count). The molecule has 1 fully saturated rings. The van der Waals surface area contributed by atoms with E-state index < -0.39 is 11.6 Å². The Bertz CT molecular complexity index is 504. The summed E-state index contributed by atoms with van der Waals surface area (Å²) in [7, 11) is 1.34. The number of esters is 1. The average Bonchev–Trinajstić information content (AvgIpc) is 2.48. The molecule has 0 aromatic carbocycles. The lowest BCUT2D eigenvalue weighted by Gasteiger charge is -2.40. The van der Waals surface area contributed by atoms with Crippen molar-refractivity contribution in [2.45, 2.75) is 45.1 Å². The Morgan fingerprint density at radius 2 is 2.05 bits per heavy atom. The summed E-state index contributed by atoms with van der Waals surface area (Å²) in [6.07, 6.45) is 5.12. The molecule has 0 bridgehead atoms. The van der Waals surface area contributed by atoms with Gasteiger partial charge in [-0.2, -0.15) is 0 Å². The molecule has 1 heterocycles. The van der Waals surface area contributed by atoms with E-state index in [0.717, 1.165) is 25.7 Å². The number of ether oxygens (including phenoxy) is 1. The third-order valence-electron chi connectivity index (χ3n) is 4.33. The van der Waals surface area contributed by atoms with Gasteiger partial charge in [-0.15, -0.1) is 0 Å². The lowest BCUT2D eigenvalue weighted by atomic mass is 9.71. The van der Waals surface area contributed by atoms with Gasteiger partial charge in [0.05, 0.1) is 12.7 Å². The third kappa shape index (κ3) is 3.94. The number of nitrogens with zero attached hydrogens (tertiary/aromatic N) is 1. The van der Waals surface area contributed by atoms with Crippen LogP contribution in [-0.4, -0.2) is 35.3 Å². The molecule has 21 heavy (non-hydrogen) atoms. The van der Waals surface area contributed by atoms with Crippen LogP contribution in [0.5, 0.6) is 0 Å². The predicted octanol–water partition coefficient (Wildman–Crippen LogP) is 2.61. The first kappa shape index (κ1) is 15.8. The minimum absolute atomic E-state index is 0.300. The van der Waals surface area contributed by atoms with Gasteiger partial charge in [-0.05, 0) is 43.2 Å². The molecule has 0 radical (unpaired) electrons. The van der Waals surface area contributed by atoms with Crippen molar-refractivity contribution in [1.82, 2.24) is 4.98 Å². The van der Waals surface area contributed by atoms with Crippen LogP contribution in [-0.2, 0) is 4.74 Å². The van der Waals surface area contributed by atoms with Crippen molar-refractivity contribution in [3.8, 4) is 0 Å². The van der Waals surface area contributed by atoms with Gasteiger partial charge in [-0.1, -0.05) is 13.8 Å². The first-order valence-corrected chi connectivity index (χ1v) is 7.35. The molecule has 2 N–H and O–H groups in total. The Morgan fingerprint density at radius 3 is 2.67 bits per heavy atom. The monoisotopic (exact) mass is 292 g/mol. The summed E-state index contributed by atoms with van der Waals surface area (Å²) in [5.74, 6) is 0.0324. The molecule has 1 aliphatic carbocycles. The second-order valence-corrected chi connectivity index (χ2v) is 6.63. The number of pyridine rings is 1. The van der Waals surface area contributed by atoms with Crippen molar-refractivity contribution >= 4 is 11.8 Å². The zero-order chi connectivity index (χ0) is 15.5. The highest BCUT2D eigenvalue weighted by Crippen LogP contribution is 2.40. The molecular weight excluding hydrogens is 268 g/mol. The van der Waals surface area contributed by atoms with Crippen molar-refractivity contribution < 1.29 is 14.6 Å². The molecule has 1 aromatic rings. The van der Waals surface area contributed by atoms with Crippen molar-refractivity contribution in [2.24, 2.45) is 5.41 Å². The molecule has 1 aliphatic rings. The molecule has 5 nitrogen and oxygen atoms in total. The van der Waals surface area contributed by atoms with E-state index in [4.69, 9.17) is 4.74 Å². The average molecular weight is 292 g/mol. The highest BCUT2D eigenvalue weighted by Gasteiger charge is 2.36. The third-order valence-corrected chi connectivity index (χ3v) is 4.33. The summed E-state index contributed by atoms with van der Waals surface area (Å²) >= 11 is 0. The number of anilines is 1. The van der Waals surface area contributed by atoms with Crippen LogP contribution in [0.1, 0.15) is 49.9 Å². The van der Waals surface area contributed by atoms with Crippen LogP contribution in [0.3, 0.4) is 0 Å². The van der Waals surface area contributed by atoms with Crippen molar-refractivity contribution in [3.63, 3.8) is 0 Å². The number of methoxy groups -OCH3 is 1. The second-order valence-electron chi connectivity index (χ2n) is 6.63. The number of rotatable bonds is 4. The summed E-state index contributed by atoms with van der Waals surface area (Å²) in [6, 6.07) is 3.35. The van der Waals surface area contributed by atoms with Gasteiger partial charge < -0.3 is 15.2 Å². The van der Waals surface area contributed by atoms with E-state index in [1.165, 1.54) is 7.11 Å². The zero-order valence-corrected chi connectivity index (χ0v) is 13.0. The molecule has 1 aromatic heterocycles. The van der Waals surface area contributed by atoms with Gasteiger partial charge in [0.1, 0.15) is 11.4 Å². The highest BCUT2D eigenvalue weighted by molar-refractivity contribution is 5.94. The fourth-order valence-corrected chi connectivity index (χ4v) is 2.64. The number of nitrogens with one attached hydrogen (secondary N) is 1. The largest absolute Gasteiger partial charge is 0.465 e. The first-order chi connectivity index (χ1) is 9.85. The summed E-state index contributed by atoms with van der Waals surface area (Å²) in [6.45, 7) is 4.85. The van der Waals surface area contributed by atoms with E-state index in [-0.39, 0.29) is 0 Å². The first-order valence-electron chi connectivity index (χ1n) is 7.35. The van der Waals surface area contributed by atoms with Gasteiger partial charge >= 0.3 is 5.97 Å². The van der Waals surface area contributed by atoms with E-state index in [0.29, 0.717) is 23.3 Å². The topological polar surface area (TPSA) is 71.5 Å². The quantitative estimate of drug-likeness (QED) is 0.835. The van der Waals surface area contributed by atoms with Crippen LogP contribution in [0.15, 0.2) is 18.3 Å². The normalized spacial score (nSPS) is 19.8. The van der Waals surface area contributed by atoms with Crippen LogP contribution >= 0.6 is 0 Å². The maximum atomic E-state index is 11.7. The standard InChI is InChI=1S/C16H24N2O3/c1-15(2)6-8-16(20,9-7-15)11-18-13-12(14(19)21-3)5-4-10-17-13/h4-5,10,20H,6-9,11H2,1-3H3,(H,17,18). The smallest absolute Gasteiger partial charge is 0.341 e. The van der Waals surface area contributed by atoms with Crippen molar-refractivity contribution in [2.75, 3.05) is 19.0 Å². The number of hydrogen-bond donors (Lipinski definition) is 2. The SMILES string of the molecule is COC(=O)c1cccnc1NCC1(O)CCC(C)(C)CC1. The van der Waals surface area contributed by atoms with E-state index in [9.17, 15) is 9.90 Å². The molecule has 0 amide bonds. The van der Waals surface area contributed by atoms with Crippen LogP contribution in [0.2, 0.25) is 0 Å². The Labute approximate surface area is 125 Å². The molecule has 1 saturated carbocycles. The molecule has 116 valence electrons. The van der Waals surface area contributed by atoms with Crippen molar-refractivity contribution in [1.29, 1.82) is 0 Å². The Kier molecular flexibility index (Phi) is 4.52. The zero-order valence-electron chi connectivity index (χ0n) is 13.0. The van der Waals surface area contributed by atoms with E-state index >= 15 is 0 Å². The van der Waals surface area contributed by atoms with Gasteiger partial charge in [0, 0.05) is 12.7 Å². The number of carbonyl (C=O) groups excluding carboxylic acids is 1. The van der Waals surface area contributed by atoms with Crippen LogP contribution in [0.4, 0.5) is 5.82 Å². The van der Waals surface area contributed by atoms with E-state index in [1.807, 2.05) is 0 Å². The number of carbonyl (C=O) groups is 1. The summed E-state index contributed by atoms with van der Waals surface area (Å²) < 4.78 is 4.74. The molecule has 5 heteroatoms. The summed E-state index contributed by atoms with van der Waals surface area (Å²) in [4.78, 5) is 15.9. The summed E-state index contributed by atoms with van der Waals surface area (Å²) in [5.41, 5.74) is -0.0470. The van der Waals surface area contributed by atoms with Gasteiger partial charge in [-0.3, -0.25) is 0 Å². The Hall–Kier alpha value is -1.62. The fourth-order valence-electron chi connectivity index (χ4n) is 2.64. The van der Waals surface area contributed by atoms with Gasteiger partial charge in [0.2, 0.25) is 0 Å². The molecule has 0 unspecified atom stereocenters. The van der Waals surface area contributed by atoms with Gasteiger partial charge in [0.25, 0.3) is 0 Å². The van der Waals surface area contributed by atoms with Gasteiger partial charge in [-0.25, -0.2) is 9.78 Å². The van der Waals surface area contributed by atoms with E-state index in [1.54, 1.807) is 18.3 Å². The number of aromatic nitrogens is 1. The minimum atomic E-state index is -0.736. The molecule has 0 atom stereocenters. The molecule has 0 saturated heterocycles. The minimum Gasteiger partial charge on any atom is -0.465 e. The second kappa shape index (κ2) is 6.02. The highest BCUT2D eigenvalue weighted by atomic mass is 16.5. The van der Waals surface area contributed by atoms with Crippen LogP contribution in [0, 0.1) is 5.41 Å². The molecular formula is C16H24N2O3. The molecule has 0 spiro atoms. The van der Waals surface area contributed by atoms with Crippen LogP contribution in [0.25, 0.3) is 0 Å². The lowest BCUT2D eigenvalue weighted by molar-refractivity contribution is -0.0146. The fraction of sp³-hybridized carbons (Fsp3) is 0.625. The maximum Gasteiger partial charge on any atom is 0.341 e. The summed E-state index contributed by atoms with van der Waals surface area (Å²) in [5, 5.41) is 13.7. The molecule has 0 aliphatic heterocycles. The van der Waals surface area contributed by atoms with Crippen molar-refractivity contribution in [3.05, 3.63) is 23.9 Å². The Morgan fingerprint density at radius 1 is 1.38 bits per heavy atom. The van der Waals surface area contributed by atoms with Crippen LogP contribution < -0.4 is 5.32 Å². The number of hydrogen-bond acceptors (Lipinski definition) is 5. The van der Waals surface area contributed by atoms with E-state index in [2.05, 4.69) is 24.1 Å².